The number of halogens is 1. The van der Waals surface area contributed by atoms with E-state index in [1.807, 2.05) is 54.8 Å². The predicted molar refractivity (Wildman–Crippen MR) is 101 cm³/mol. The van der Waals surface area contributed by atoms with Gasteiger partial charge in [-0.15, -0.1) is 11.3 Å². The van der Waals surface area contributed by atoms with E-state index in [9.17, 15) is 4.79 Å². The molecule has 1 aromatic carbocycles. The van der Waals surface area contributed by atoms with Crippen LogP contribution in [0.15, 0.2) is 52.9 Å². The van der Waals surface area contributed by atoms with Crippen molar-refractivity contribution in [3.63, 3.8) is 0 Å². The van der Waals surface area contributed by atoms with Crippen molar-refractivity contribution in [2.75, 3.05) is 0 Å². The molecule has 5 nitrogen and oxygen atoms in total. The molecule has 0 bridgehead atoms. The molecule has 1 amide bonds. The number of nitrogens with zero attached hydrogens (tertiary/aromatic N) is 3. The van der Waals surface area contributed by atoms with Crippen LogP contribution in [0, 0.1) is 6.92 Å². The minimum absolute atomic E-state index is 0.163. The van der Waals surface area contributed by atoms with E-state index in [0.29, 0.717) is 23.7 Å². The Morgan fingerprint density at radius 3 is 2.84 bits per heavy atom. The van der Waals surface area contributed by atoms with Crippen LogP contribution in [0.5, 0.6) is 0 Å². The van der Waals surface area contributed by atoms with Gasteiger partial charge in [0, 0.05) is 4.88 Å². The molecule has 0 aliphatic carbocycles. The number of hydrogen-bond donors (Lipinski definition) is 1. The van der Waals surface area contributed by atoms with Crippen LogP contribution in [0.3, 0.4) is 0 Å². The van der Waals surface area contributed by atoms with E-state index in [1.165, 1.54) is 0 Å². The molecule has 0 radical (unpaired) electrons. The van der Waals surface area contributed by atoms with Crippen molar-refractivity contribution in [2.45, 2.75) is 19.9 Å². The Morgan fingerprint density at radius 2 is 2.12 bits per heavy atom. The van der Waals surface area contributed by atoms with Crippen molar-refractivity contribution in [3.8, 4) is 0 Å². The van der Waals surface area contributed by atoms with Gasteiger partial charge in [0.15, 0.2) is 0 Å². The summed E-state index contributed by atoms with van der Waals surface area (Å²) in [6.45, 7) is 2.45. The van der Waals surface area contributed by atoms with Crippen molar-refractivity contribution in [1.82, 2.24) is 15.2 Å². The fourth-order valence-electron chi connectivity index (χ4n) is 2.35. The summed E-state index contributed by atoms with van der Waals surface area (Å²) in [6.07, 6.45) is 1.85. The number of hydrazone groups is 1. The third-order valence-corrected chi connectivity index (χ3v) is 4.86. The lowest BCUT2D eigenvalue weighted by Crippen LogP contribution is -2.19. The zero-order valence-electron chi connectivity index (χ0n) is 13.6. The van der Waals surface area contributed by atoms with Crippen LogP contribution >= 0.6 is 22.9 Å². The normalized spacial score (nSPS) is 11.1. The van der Waals surface area contributed by atoms with Crippen LogP contribution in [-0.2, 0) is 17.8 Å². The summed E-state index contributed by atoms with van der Waals surface area (Å²) in [5, 5.41) is 10.9. The third kappa shape index (κ3) is 4.55. The molecular formula is C18H17ClN4OS. The fourth-order valence-corrected chi connectivity index (χ4v) is 3.34. The van der Waals surface area contributed by atoms with Gasteiger partial charge < -0.3 is 0 Å². The molecule has 128 valence electrons. The zero-order valence-corrected chi connectivity index (χ0v) is 15.2. The molecule has 0 unspecified atom stereocenters. The maximum absolute atomic E-state index is 11.8. The number of carbonyl (C=O) groups excluding carboxylic acids is 1. The van der Waals surface area contributed by atoms with E-state index in [0.717, 1.165) is 16.1 Å². The lowest BCUT2D eigenvalue weighted by molar-refractivity contribution is -0.120. The summed E-state index contributed by atoms with van der Waals surface area (Å²) in [5.74, 6) is -0.163. The molecule has 0 aliphatic rings. The Hall–Kier alpha value is -2.44. The lowest BCUT2D eigenvalue weighted by Gasteiger charge is -2.03. The summed E-state index contributed by atoms with van der Waals surface area (Å²) in [6, 6.07) is 13.8. The lowest BCUT2D eigenvalue weighted by atomic mass is 10.2. The summed E-state index contributed by atoms with van der Waals surface area (Å²) < 4.78 is 1.72. The topological polar surface area (TPSA) is 59.3 Å². The van der Waals surface area contributed by atoms with Crippen molar-refractivity contribution in [2.24, 2.45) is 5.10 Å². The van der Waals surface area contributed by atoms with Gasteiger partial charge in [0.1, 0.15) is 5.15 Å². The van der Waals surface area contributed by atoms with Gasteiger partial charge in [-0.3, -0.25) is 4.79 Å². The standard InChI is InChI=1S/C18H17ClN4OS/c1-13-16(11-20-21-17(24)10-15-8-5-9-25-15)18(19)23(22-13)12-14-6-3-2-4-7-14/h2-9,11H,10,12H2,1H3,(H,21,24)/b20-11+. The van der Waals surface area contributed by atoms with E-state index >= 15 is 0 Å². The highest BCUT2D eigenvalue weighted by atomic mass is 35.5. The van der Waals surface area contributed by atoms with Gasteiger partial charge in [-0.2, -0.15) is 10.2 Å². The molecular weight excluding hydrogens is 356 g/mol. The van der Waals surface area contributed by atoms with Gasteiger partial charge in [0.05, 0.1) is 30.4 Å². The predicted octanol–water partition coefficient (Wildman–Crippen LogP) is 3.65. The van der Waals surface area contributed by atoms with E-state index in [-0.39, 0.29) is 5.91 Å². The monoisotopic (exact) mass is 372 g/mol. The molecule has 0 saturated carbocycles. The van der Waals surface area contributed by atoms with E-state index < -0.39 is 0 Å². The first-order valence-corrected chi connectivity index (χ1v) is 9.00. The summed E-state index contributed by atoms with van der Waals surface area (Å²) in [5.41, 5.74) is 5.10. The zero-order chi connectivity index (χ0) is 17.6. The second-order valence-electron chi connectivity index (χ2n) is 5.48. The van der Waals surface area contributed by atoms with Gasteiger partial charge in [-0.25, -0.2) is 10.1 Å². The van der Waals surface area contributed by atoms with Gasteiger partial charge in [0.25, 0.3) is 0 Å². The second kappa shape index (κ2) is 8.09. The molecule has 0 aliphatic heterocycles. The highest BCUT2D eigenvalue weighted by Crippen LogP contribution is 2.19. The van der Waals surface area contributed by atoms with E-state index in [2.05, 4.69) is 15.6 Å². The molecule has 2 heterocycles. The first kappa shape index (κ1) is 17.4. The number of nitrogens with one attached hydrogen (secondary N) is 1. The number of hydrogen-bond acceptors (Lipinski definition) is 4. The Kier molecular flexibility index (Phi) is 5.63. The smallest absolute Gasteiger partial charge is 0.245 e. The van der Waals surface area contributed by atoms with Crippen molar-refractivity contribution in [3.05, 3.63) is 74.7 Å². The van der Waals surface area contributed by atoms with E-state index in [1.54, 1.807) is 22.2 Å². The van der Waals surface area contributed by atoms with Crippen LogP contribution in [-0.4, -0.2) is 21.9 Å². The average molecular weight is 373 g/mol. The second-order valence-corrected chi connectivity index (χ2v) is 6.87. The summed E-state index contributed by atoms with van der Waals surface area (Å²) in [4.78, 5) is 12.8. The molecule has 2 aromatic heterocycles. The van der Waals surface area contributed by atoms with Crippen molar-refractivity contribution < 1.29 is 4.79 Å². The number of thiophene rings is 1. The van der Waals surface area contributed by atoms with Gasteiger partial charge in [-0.1, -0.05) is 48.0 Å². The number of benzene rings is 1. The average Bonchev–Trinajstić information content (AvgIpc) is 3.19. The Labute approximate surface area is 154 Å². The Balaban J connectivity index is 1.65. The van der Waals surface area contributed by atoms with Crippen molar-refractivity contribution >= 4 is 35.1 Å². The van der Waals surface area contributed by atoms with Crippen LogP contribution in [0.25, 0.3) is 0 Å². The Bertz CT molecular complexity index is 872. The molecule has 7 heteroatoms. The molecule has 25 heavy (non-hydrogen) atoms. The molecule has 0 atom stereocenters. The minimum atomic E-state index is -0.163. The maximum atomic E-state index is 11.8. The first-order chi connectivity index (χ1) is 12.1. The molecule has 0 spiro atoms. The highest BCUT2D eigenvalue weighted by Gasteiger charge is 2.12. The highest BCUT2D eigenvalue weighted by molar-refractivity contribution is 7.10. The van der Waals surface area contributed by atoms with E-state index in [4.69, 9.17) is 11.6 Å². The molecule has 1 N–H and O–H groups in total. The molecule has 3 rings (SSSR count). The molecule has 3 aromatic rings. The Morgan fingerprint density at radius 1 is 1.32 bits per heavy atom. The number of amides is 1. The SMILES string of the molecule is Cc1nn(Cc2ccccc2)c(Cl)c1/C=N/NC(=O)Cc1cccs1. The number of rotatable bonds is 6. The van der Waals surface area contributed by atoms with Crippen LogP contribution in [0.4, 0.5) is 0 Å². The van der Waals surface area contributed by atoms with Gasteiger partial charge in [-0.05, 0) is 23.9 Å². The number of aryl methyl sites for hydroxylation is 1. The molecule has 0 saturated heterocycles. The van der Waals surface area contributed by atoms with Gasteiger partial charge in [0.2, 0.25) is 5.91 Å². The quantitative estimate of drug-likeness (QED) is 0.530. The van der Waals surface area contributed by atoms with Crippen molar-refractivity contribution in [1.29, 1.82) is 0 Å². The molecule has 0 fully saturated rings. The fraction of sp³-hybridized carbons (Fsp3) is 0.167. The largest absolute Gasteiger partial charge is 0.273 e. The summed E-state index contributed by atoms with van der Waals surface area (Å²) in [7, 11) is 0. The van der Waals surface area contributed by atoms with Crippen LogP contribution in [0.2, 0.25) is 5.15 Å². The van der Waals surface area contributed by atoms with Gasteiger partial charge >= 0.3 is 0 Å². The number of aromatic nitrogens is 2. The minimum Gasteiger partial charge on any atom is -0.273 e. The van der Waals surface area contributed by atoms with Crippen LogP contribution < -0.4 is 5.43 Å². The van der Waals surface area contributed by atoms with Crippen LogP contribution in [0.1, 0.15) is 21.7 Å². The third-order valence-electron chi connectivity index (χ3n) is 3.58. The maximum Gasteiger partial charge on any atom is 0.245 e. The summed E-state index contributed by atoms with van der Waals surface area (Å²) >= 11 is 7.95. The number of carbonyl (C=O) groups is 1. The first-order valence-electron chi connectivity index (χ1n) is 7.74.